The van der Waals surface area contributed by atoms with Crippen molar-refractivity contribution in [3.63, 3.8) is 0 Å². The molecule has 290 valence electrons. The maximum absolute atomic E-state index is 13.8. The van der Waals surface area contributed by atoms with Crippen LogP contribution in [0.4, 0.5) is 11.4 Å². The number of aromatic nitrogens is 4. The maximum Gasteiger partial charge on any atom is 0.306 e. The number of aliphatic carboxylic acids is 1. The largest absolute Gasteiger partial charge is 0.481 e. The molecule has 4 aliphatic rings. The van der Waals surface area contributed by atoms with Crippen LogP contribution in [0.25, 0.3) is 11.1 Å². The monoisotopic (exact) mass is 748 g/mol. The van der Waals surface area contributed by atoms with E-state index in [0.717, 1.165) is 116 Å². The van der Waals surface area contributed by atoms with Gasteiger partial charge in [0.15, 0.2) is 11.6 Å². The van der Waals surface area contributed by atoms with Gasteiger partial charge in [-0.15, -0.1) is 0 Å². The topological polar surface area (TPSA) is 147 Å². The minimum absolute atomic E-state index is 0.237. The number of hydrogen-bond donors (Lipinski definition) is 3. The molecule has 13 nitrogen and oxygen atoms in total. The summed E-state index contributed by atoms with van der Waals surface area (Å²) in [7, 11) is 3.84. The standard InChI is InChI=1S/C42H52N8O5/c1-25-30(7-5-9-32(25)45-40(51)38-43-34-23-49(19-15-36(34)47(38)3)28-13-11-27(12-14-28)42(53)54)31-8-6-10-33(26(31)2)46-41(52)39-44-35-24-50(20-16-37(35)48(39)4)29-17-21-55-22-18-29/h5-10,27-29H,11-24H2,1-4H3,(H,45,51)(H,46,52)(H,53,54). The van der Waals surface area contributed by atoms with Gasteiger partial charge in [-0.05, 0) is 86.8 Å². The molecule has 8 rings (SSSR count). The molecule has 55 heavy (non-hydrogen) atoms. The van der Waals surface area contributed by atoms with Gasteiger partial charge in [-0.25, -0.2) is 9.97 Å². The molecular formula is C42H52N8O5. The number of anilines is 2. The Labute approximate surface area is 322 Å². The molecule has 3 N–H and O–H groups in total. The van der Waals surface area contributed by atoms with E-state index in [9.17, 15) is 19.5 Å². The highest BCUT2D eigenvalue weighted by atomic mass is 16.5. The van der Waals surface area contributed by atoms with E-state index in [4.69, 9.17) is 14.7 Å². The number of rotatable bonds is 8. The summed E-state index contributed by atoms with van der Waals surface area (Å²) >= 11 is 0. The predicted molar refractivity (Wildman–Crippen MR) is 209 cm³/mol. The van der Waals surface area contributed by atoms with Gasteiger partial charge in [0.1, 0.15) is 0 Å². The van der Waals surface area contributed by atoms with E-state index < -0.39 is 5.97 Å². The van der Waals surface area contributed by atoms with E-state index in [1.165, 1.54) is 0 Å². The van der Waals surface area contributed by atoms with Crippen LogP contribution < -0.4 is 10.6 Å². The van der Waals surface area contributed by atoms with Gasteiger partial charge < -0.3 is 29.6 Å². The third-order valence-corrected chi connectivity index (χ3v) is 12.7. The predicted octanol–water partition coefficient (Wildman–Crippen LogP) is 5.48. The number of benzene rings is 2. The molecule has 0 radical (unpaired) electrons. The highest BCUT2D eigenvalue weighted by Gasteiger charge is 2.34. The lowest BCUT2D eigenvalue weighted by molar-refractivity contribution is -0.143. The molecule has 2 amide bonds. The lowest BCUT2D eigenvalue weighted by Crippen LogP contribution is -2.42. The fourth-order valence-electron chi connectivity index (χ4n) is 9.35. The van der Waals surface area contributed by atoms with Crippen molar-refractivity contribution < 1.29 is 24.2 Å². The Morgan fingerprint density at radius 2 is 1.15 bits per heavy atom. The van der Waals surface area contributed by atoms with Crippen molar-refractivity contribution in [1.29, 1.82) is 0 Å². The molecule has 4 aromatic rings. The third-order valence-electron chi connectivity index (χ3n) is 12.7. The molecular weight excluding hydrogens is 697 g/mol. The summed E-state index contributed by atoms with van der Waals surface area (Å²) in [6.45, 7) is 8.85. The summed E-state index contributed by atoms with van der Waals surface area (Å²) in [4.78, 5) is 53.6. The van der Waals surface area contributed by atoms with Gasteiger partial charge in [0, 0.05) is 101 Å². The Morgan fingerprint density at radius 1 is 0.691 bits per heavy atom. The minimum Gasteiger partial charge on any atom is -0.481 e. The number of fused-ring (bicyclic) bond motifs is 2. The van der Waals surface area contributed by atoms with Crippen molar-refractivity contribution in [2.45, 2.75) is 90.4 Å². The molecule has 3 aliphatic heterocycles. The normalized spacial score (nSPS) is 20.8. The average molecular weight is 749 g/mol. The van der Waals surface area contributed by atoms with Crippen molar-refractivity contribution in [1.82, 2.24) is 28.9 Å². The lowest BCUT2D eigenvalue weighted by atomic mass is 9.85. The number of nitrogens with zero attached hydrogens (tertiary/aromatic N) is 6. The number of nitrogens with one attached hydrogen (secondary N) is 2. The van der Waals surface area contributed by atoms with Crippen LogP contribution >= 0.6 is 0 Å². The van der Waals surface area contributed by atoms with Gasteiger partial charge in [-0.1, -0.05) is 24.3 Å². The lowest BCUT2D eigenvalue weighted by Gasteiger charge is -2.37. The Balaban J connectivity index is 0.954. The molecule has 13 heteroatoms. The number of carbonyl (C=O) groups is 3. The van der Waals surface area contributed by atoms with Crippen LogP contribution in [0.5, 0.6) is 0 Å². The number of carboxylic acids is 1. The molecule has 2 aromatic heterocycles. The fraction of sp³-hybridized carbons (Fsp3) is 0.500. The Bertz CT molecular complexity index is 2120. The highest BCUT2D eigenvalue weighted by molar-refractivity contribution is 6.04. The van der Waals surface area contributed by atoms with Crippen LogP contribution in [-0.4, -0.2) is 90.2 Å². The van der Waals surface area contributed by atoms with Crippen molar-refractivity contribution in [2.75, 3.05) is 36.9 Å². The molecule has 5 heterocycles. The molecule has 1 aliphatic carbocycles. The van der Waals surface area contributed by atoms with E-state index in [-0.39, 0.29) is 17.7 Å². The highest BCUT2D eigenvalue weighted by Crippen LogP contribution is 2.35. The van der Waals surface area contributed by atoms with E-state index in [2.05, 4.69) is 20.4 Å². The zero-order valence-corrected chi connectivity index (χ0v) is 32.4. The first kappa shape index (κ1) is 37.1. The average Bonchev–Trinajstić information content (AvgIpc) is 3.72. The van der Waals surface area contributed by atoms with Crippen molar-refractivity contribution >= 4 is 29.2 Å². The van der Waals surface area contributed by atoms with Gasteiger partial charge in [0.05, 0.1) is 17.3 Å². The molecule has 0 unspecified atom stereocenters. The zero-order valence-electron chi connectivity index (χ0n) is 32.4. The molecule has 0 bridgehead atoms. The van der Waals surface area contributed by atoms with Crippen LogP contribution in [0.1, 0.15) is 93.7 Å². The minimum atomic E-state index is -0.690. The second-order valence-corrected chi connectivity index (χ2v) is 15.8. The van der Waals surface area contributed by atoms with Gasteiger partial charge >= 0.3 is 5.97 Å². The maximum atomic E-state index is 13.8. The second-order valence-electron chi connectivity index (χ2n) is 15.8. The molecule has 2 fully saturated rings. The van der Waals surface area contributed by atoms with Crippen molar-refractivity contribution in [2.24, 2.45) is 20.0 Å². The van der Waals surface area contributed by atoms with Gasteiger partial charge in [0.2, 0.25) is 0 Å². The summed E-state index contributed by atoms with van der Waals surface area (Å²) in [6.07, 6.45) is 6.89. The summed E-state index contributed by atoms with van der Waals surface area (Å²) in [6, 6.07) is 12.6. The van der Waals surface area contributed by atoms with Crippen LogP contribution in [0.3, 0.4) is 0 Å². The summed E-state index contributed by atoms with van der Waals surface area (Å²) < 4.78 is 9.44. The first-order valence-electron chi connectivity index (χ1n) is 19.8. The van der Waals surface area contributed by atoms with Crippen LogP contribution in [0, 0.1) is 19.8 Å². The van der Waals surface area contributed by atoms with Crippen LogP contribution in [-0.2, 0) is 49.6 Å². The quantitative estimate of drug-likeness (QED) is 0.213. The molecule has 0 spiro atoms. The number of carbonyl (C=O) groups excluding carboxylic acids is 2. The summed E-state index contributed by atoms with van der Waals surface area (Å²) in [5.74, 6) is -0.647. The molecule has 1 saturated heterocycles. The van der Waals surface area contributed by atoms with E-state index in [1.807, 2.05) is 73.5 Å². The van der Waals surface area contributed by atoms with Crippen molar-refractivity contribution in [3.05, 3.63) is 81.9 Å². The fourth-order valence-corrected chi connectivity index (χ4v) is 9.35. The summed E-state index contributed by atoms with van der Waals surface area (Å²) in [5.41, 5.74) is 9.26. The molecule has 2 aromatic carbocycles. The first-order chi connectivity index (χ1) is 26.6. The van der Waals surface area contributed by atoms with Crippen LogP contribution in [0.15, 0.2) is 36.4 Å². The van der Waals surface area contributed by atoms with E-state index >= 15 is 0 Å². The van der Waals surface area contributed by atoms with Crippen LogP contribution in [0.2, 0.25) is 0 Å². The van der Waals surface area contributed by atoms with Gasteiger partial charge in [-0.3, -0.25) is 24.2 Å². The third kappa shape index (κ3) is 7.20. The Kier molecular flexibility index (Phi) is 10.4. The molecule has 1 saturated carbocycles. The number of carboxylic acid groups (broad SMARTS) is 1. The number of ether oxygens (including phenoxy) is 1. The number of amides is 2. The van der Waals surface area contributed by atoms with E-state index in [0.29, 0.717) is 54.5 Å². The Morgan fingerprint density at radius 3 is 1.60 bits per heavy atom. The smallest absolute Gasteiger partial charge is 0.306 e. The zero-order chi connectivity index (χ0) is 38.4. The Hall–Kier alpha value is -4.85. The second kappa shape index (κ2) is 15.4. The van der Waals surface area contributed by atoms with Gasteiger partial charge in [0.25, 0.3) is 11.8 Å². The van der Waals surface area contributed by atoms with E-state index in [1.54, 1.807) is 0 Å². The summed E-state index contributed by atoms with van der Waals surface area (Å²) in [5, 5.41) is 15.7. The molecule has 0 atom stereocenters. The SMILES string of the molecule is Cc1c(NC(=O)c2nc3c(n2C)CCN(C2CCOCC2)C3)cccc1-c1cccc(NC(=O)c2nc3c(n2C)CCN(C2CCC(C(=O)O)CC2)C3)c1C. The number of hydrogen-bond acceptors (Lipinski definition) is 8. The van der Waals surface area contributed by atoms with Gasteiger partial charge in [-0.2, -0.15) is 0 Å². The van der Waals surface area contributed by atoms with Crippen molar-refractivity contribution in [3.8, 4) is 11.1 Å². The number of imidazole rings is 2. The first-order valence-corrected chi connectivity index (χ1v) is 19.8.